The summed E-state index contributed by atoms with van der Waals surface area (Å²) in [6, 6.07) is 2.15. The number of nitrogens with zero attached hydrogens (tertiary/aromatic N) is 2. The summed E-state index contributed by atoms with van der Waals surface area (Å²) < 4.78 is 11.3. The number of nitrogens with two attached hydrogens (primary N) is 1. The molecule has 1 fully saturated rings. The van der Waals surface area contributed by atoms with Crippen molar-refractivity contribution in [2.45, 2.75) is 43.3 Å². The van der Waals surface area contributed by atoms with E-state index in [1.807, 2.05) is 0 Å². The zero-order valence-corrected chi connectivity index (χ0v) is 10.8. The molecule has 0 aliphatic heterocycles. The van der Waals surface area contributed by atoms with Crippen molar-refractivity contribution in [1.29, 1.82) is 0 Å². The van der Waals surface area contributed by atoms with Crippen LogP contribution in [0.15, 0.2) is 11.2 Å². The van der Waals surface area contributed by atoms with Gasteiger partial charge in [-0.2, -0.15) is 0 Å². The Morgan fingerprint density at radius 3 is 2.71 bits per heavy atom. The van der Waals surface area contributed by atoms with Gasteiger partial charge in [-0.1, -0.05) is 19.3 Å². The number of nitrogen functional groups attached to an aromatic ring is 1. The first-order valence-electron chi connectivity index (χ1n) is 5.89. The van der Waals surface area contributed by atoms with Gasteiger partial charge in [0.2, 0.25) is 5.16 Å². The van der Waals surface area contributed by atoms with Gasteiger partial charge in [-0.25, -0.2) is 9.97 Å². The van der Waals surface area contributed by atoms with Crippen LogP contribution in [-0.4, -0.2) is 26.5 Å². The highest BCUT2D eigenvalue weighted by Crippen LogP contribution is 2.21. The van der Waals surface area contributed by atoms with E-state index in [1.54, 1.807) is 12.3 Å². The van der Waals surface area contributed by atoms with Gasteiger partial charge in [0.15, 0.2) is 0 Å². The molecule has 1 aromatic rings. The van der Waals surface area contributed by atoms with E-state index < -0.39 is 10.8 Å². The van der Waals surface area contributed by atoms with Gasteiger partial charge in [-0.05, 0) is 12.8 Å². The molecule has 0 saturated heterocycles. The minimum absolute atomic E-state index is 0.295. The molecular formula is C11H18N4OS. The number of rotatable bonds is 3. The lowest BCUT2D eigenvalue weighted by Crippen LogP contribution is -2.23. The Morgan fingerprint density at radius 1 is 1.35 bits per heavy atom. The highest BCUT2D eigenvalue weighted by atomic mass is 32.2. The Hall–Kier alpha value is -1.17. The van der Waals surface area contributed by atoms with Gasteiger partial charge in [0, 0.05) is 18.4 Å². The lowest BCUT2D eigenvalue weighted by atomic mass is 9.95. The second-order valence-corrected chi connectivity index (χ2v) is 5.67. The molecule has 2 rings (SSSR count). The van der Waals surface area contributed by atoms with E-state index >= 15 is 0 Å². The molecule has 3 N–H and O–H groups in total. The molecule has 1 heterocycles. The molecule has 17 heavy (non-hydrogen) atoms. The van der Waals surface area contributed by atoms with E-state index in [1.165, 1.54) is 19.3 Å². The zero-order chi connectivity index (χ0) is 12.3. The number of anilines is 2. The summed E-state index contributed by atoms with van der Waals surface area (Å²) in [5.41, 5.74) is 5.68. The molecule has 0 aromatic carbocycles. The van der Waals surface area contributed by atoms with Crippen molar-refractivity contribution >= 4 is 22.4 Å². The Morgan fingerprint density at radius 2 is 2.06 bits per heavy atom. The van der Waals surface area contributed by atoms with Crippen molar-refractivity contribution in [2.75, 3.05) is 17.3 Å². The molecule has 0 bridgehead atoms. The third kappa shape index (κ3) is 3.39. The largest absolute Gasteiger partial charge is 0.383 e. The van der Waals surface area contributed by atoms with Gasteiger partial charge in [0.05, 0.1) is 10.8 Å². The first-order chi connectivity index (χ1) is 8.15. The normalized spacial score (nSPS) is 18.9. The Kier molecular flexibility index (Phi) is 3.93. The Balaban J connectivity index is 2.11. The highest BCUT2D eigenvalue weighted by Gasteiger charge is 2.14. The van der Waals surface area contributed by atoms with E-state index in [4.69, 9.17) is 5.73 Å². The van der Waals surface area contributed by atoms with E-state index in [0.717, 1.165) is 12.8 Å². The van der Waals surface area contributed by atoms with Crippen molar-refractivity contribution in [3.63, 3.8) is 0 Å². The summed E-state index contributed by atoms with van der Waals surface area (Å²) >= 11 is 0. The molecule has 1 aliphatic rings. The molecule has 94 valence electrons. The monoisotopic (exact) mass is 254 g/mol. The fourth-order valence-electron chi connectivity index (χ4n) is 2.10. The highest BCUT2D eigenvalue weighted by molar-refractivity contribution is 7.84. The number of nitrogens with one attached hydrogen (secondary N) is 1. The molecular weight excluding hydrogens is 236 g/mol. The van der Waals surface area contributed by atoms with Crippen LogP contribution in [0.5, 0.6) is 0 Å². The molecule has 0 radical (unpaired) electrons. The van der Waals surface area contributed by atoms with Crippen molar-refractivity contribution in [3.8, 4) is 0 Å². The molecule has 0 amide bonds. The average Bonchev–Trinajstić information content (AvgIpc) is 2.29. The van der Waals surface area contributed by atoms with Crippen LogP contribution in [0, 0.1) is 0 Å². The topological polar surface area (TPSA) is 80.9 Å². The molecule has 0 spiro atoms. The molecule has 1 unspecified atom stereocenters. The molecule has 6 heteroatoms. The maximum atomic E-state index is 11.3. The minimum atomic E-state index is -1.20. The smallest absolute Gasteiger partial charge is 0.222 e. The third-order valence-electron chi connectivity index (χ3n) is 2.94. The molecule has 1 aromatic heterocycles. The molecule has 5 nitrogen and oxygen atoms in total. The lowest BCUT2D eigenvalue weighted by molar-refractivity contribution is 0.461. The summed E-state index contributed by atoms with van der Waals surface area (Å²) in [6.07, 6.45) is 7.70. The van der Waals surface area contributed by atoms with Crippen LogP contribution in [0.2, 0.25) is 0 Å². The van der Waals surface area contributed by atoms with Crippen LogP contribution >= 0.6 is 0 Å². The van der Waals surface area contributed by atoms with Gasteiger partial charge >= 0.3 is 0 Å². The van der Waals surface area contributed by atoms with Crippen molar-refractivity contribution in [1.82, 2.24) is 9.97 Å². The minimum Gasteiger partial charge on any atom is -0.383 e. The van der Waals surface area contributed by atoms with Gasteiger partial charge in [-0.15, -0.1) is 0 Å². The van der Waals surface area contributed by atoms with Crippen LogP contribution < -0.4 is 11.1 Å². The van der Waals surface area contributed by atoms with Gasteiger partial charge in [-0.3, -0.25) is 4.21 Å². The van der Waals surface area contributed by atoms with E-state index in [-0.39, 0.29) is 0 Å². The van der Waals surface area contributed by atoms with Crippen LogP contribution in [0.1, 0.15) is 32.1 Å². The number of aromatic nitrogens is 2. The lowest BCUT2D eigenvalue weighted by Gasteiger charge is -2.23. The predicted molar refractivity (Wildman–Crippen MR) is 69.3 cm³/mol. The Labute approximate surface area is 104 Å². The first kappa shape index (κ1) is 12.3. The van der Waals surface area contributed by atoms with Crippen LogP contribution in [0.25, 0.3) is 0 Å². The summed E-state index contributed by atoms with van der Waals surface area (Å²) in [4.78, 5) is 8.18. The number of hydrogen-bond donors (Lipinski definition) is 2. The zero-order valence-electron chi connectivity index (χ0n) is 9.98. The maximum Gasteiger partial charge on any atom is 0.222 e. The summed E-state index contributed by atoms with van der Waals surface area (Å²) in [5.74, 6) is 1.05. The third-order valence-corrected chi connectivity index (χ3v) is 3.64. The van der Waals surface area contributed by atoms with Crippen LogP contribution in [0.3, 0.4) is 0 Å². The van der Waals surface area contributed by atoms with Crippen molar-refractivity contribution in [2.24, 2.45) is 0 Å². The average molecular weight is 254 g/mol. The first-order valence-corrected chi connectivity index (χ1v) is 7.45. The van der Waals surface area contributed by atoms with Crippen LogP contribution in [-0.2, 0) is 10.8 Å². The van der Waals surface area contributed by atoms with Gasteiger partial charge < -0.3 is 11.1 Å². The number of hydrogen-bond acceptors (Lipinski definition) is 5. The van der Waals surface area contributed by atoms with Crippen molar-refractivity contribution < 1.29 is 4.21 Å². The second kappa shape index (κ2) is 5.44. The Bertz CT molecular complexity index is 418. The van der Waals surface area contributed by atoms with Gasteiger partial charge in [0.25, 0.3) is 0 Å². The fourth-order valence-corrected chi connectivity index (χ4v) is 2.56. The van der Waals surface area contributed by atoms with E-state index in [0.29, 0.717) is 22.8 Å². The summed E-state index contributed by atoms with van der Waals surface area (Å²) in [5, 5.41) is 3.65. The van der Waals surface area contributed by atoms with Gasteiger partial charge in [0.1, 0.15) is 11.6 Å². The SMILES string of the molecule is CS(=O)c1nc(N)cc(NC2CCCCC2)n1. The van der Waals surface area contributed by atoms with E-state index in [9.17, 15) is 4.21 Å². The molecule has 1 aliphatic carbocycles. The predicted octanol–water partition coefficient (Wildman–Crippen LogP) is 1.54. The summed E-state index contributed by atoms with van der Waals surface area (Å²) in [6.45, 7) is 0. The second-order valence-electron chi connectivity index (χ2n) is 4.39. The summed E-state index contributed by atoms with van der Waals surface area (Å²) in [7, 11) is -1.20. The quantitative estimate of drug-likeness (QED) is 0.800. The molecule has 1 atom stereocenters. The standard InChI is InChI=1S/C11H18N4OS/c1-17(16)11-14-9(12)7-10(15-11)13-8-5-3-2-4-6-8/h7-8H,2-6H2,1H3,(H3,12,13,14,15). The fraction of sp³-hybridized carbons (Fsp3) is 0.636. The van der Waals surface area contributed by atoms with Crippen molar-refractivity contribution in [3.05, 3.63) is 6.07 Å². The van der Waals surface area contributed by atoms with Crippen LogP contribution in [0.4, 0.5) is 11.6 Å². The molecule has 1 saturated carbocycles. The van der Waals surface area contributed by atoms with E-state index in [2.05, 4.69) is 15.3 Å². The maximum absolute atomic E-state index is 11.3.